The zero-order valence-corrected chi connectivity index (χ0v) is 13.6. The van der Waals surface area contributed by atoms with E-state index in [1.54, 1.807) is 13.0 Å². The van der Waals surface area contributed by atoms with Crippen LogP contribution < -0.4 is 5.32 Å². The number of carbonyl (C=O) groups excluding carboxylic acids is 1. The highest BCUT2D eigenvalue weighted by Crippen LogP contribution is 2.45. The summed E-state index contributed by atoms with van der Waals surface area (Å²) in [6.45, 7) is 6.12. The van der Waals surface area contributed by atoms with Crippen LogP contribution in [0.25, 0.3) is 0 Å². The molecule has 3 rings (SSSR count). The summed E-state index contributed by atoms with van der Waals surface area (Å²) in [7, 11) is 0. The third kappa shape index (κ3) is 2.42. The molecule has 0 bridgehead atoms. The Morgan fingerprint density at radius 2 is 2.32 bits per heavy atom. The van der Waals surface area contributed by atoms with Crippen LogP contribution in [0.5, 0.6) is 0 Å². The average Bonchev–Trinajstić information content (AvgIpc) is 3.06. The lowest BCUT2D eigenvalue weighted by Crippen LogP contribution is -2.15. The number of carbonyl (C=O) groups is 1. The van der Waals surface area contributed by atoms with Crippen LogP contribution in [-0.4, -0.2) is 11.1 Å². The summed E-state index contributed by atoms with van der Waals surface area (Å²) in [5.41, 5.74) is 2.36. The standard InChI is InChI=1S/C16H17N3O2S/c1-8-4-5-13-14(10(8)3)11(7-17)16(22-13)18-15(20)12-6-9(2)19-21-12/h6,8,10H,4-5H2,1-3H3,(H,18,20). The Morgan fingerprint density at radius 1 is 1.55 bits per heavy atom. The van der Waals surface area contributed by atoms with Gasteiger partial charge in [0, 0.05) is 10.9 Å². The lowest BCUT2D eigenvalue weighted by Gasteiger charge is -2.26. The summed E-state index contributed by atoms with van der Waals surface area (Å²) < 4.78 is 4.97. The van der Waals surface area contributed by atoms with Crippen molar-refractivity contribution < 1.29 is 9.32 Å². The van der Waals surface area contributed by atoms with Crippen molar-refractivity contribution in [2.24, 2.45) is 5.92 Å². The maximum atomic E-state index is 12.2. The number of aryl methyl sites for hydroxylation is 2. The van der Waals surface area contributed by atoms with Crippen molar-refractivity contribution in [3.05, 3.63) is 33.5 Å². The maximum Gasteiger partial charge on any atom is 0.294 e. The van der Waals surface area contributed by atoms with E-state index in [-0.39, 0.29) is 11.7 Å². The van der Waals surface area contributed by atoms with Crippen molar-refractivity contribution in [1.82, 2.24) is 5.16 Å². The molecule has 2 aromatic rings. The fourth-order valence-corrected chi connectivity index (χ4v) is 4.15. The highest BCUT2D eigenvalue weighted by atomic mass is 32.1. The summed E-state index contributed by atoms with van der Waals surface area (Å²) in [4.78, 5) is 13.4. The van der Waals surface area contributed by atoms with Crippen LogP contribution in [0.2, 0.25) is 0 Å². The second-order valence-electron chi connectivity index (χ2n) is 5.85. The molecule has 5 nitrogen and oxygen atoms in total. The van der Waals surface area contributed by atoms with Crippen molar-refractivity contribution in [3.8, 4) is 6.07 Å². The molecule has 0 fully saturated rings. The summed E-state index contributed by atoms with van der Waals surface area (Å²) in [6, 6.07) is 3.85. The van der Waals surface area contributed by atoms with Gasteiger partial charge in [-0.2, -0.15) is 5.26 Å². The zero-order chi connectivity index (χ0) is 15.9. The lowest BCUT2D eigenvalue weighted by atomic mass is 9.79. The predicted molar refractivity (Wildman–Crippen MR) is 84.1 cm³/mol. The van der Waals surface area contributed by atoms with Crippen molar-refractivity contribution in [3.63, 3.8) is 0 Å². The third-order valence-corrected chi connectivity index (χ3v) is 5.53. The van der Waals surface area contributed by atoms with E-state index in [2.05, 4.69) is 30.4 Å². The molecule has 2 aromatic heterocycles. The van der Waals surface area contributed by atoms with E-state index in [0.717, 1.165) is 18.4 Å². The first-order valence-corrected chi connectivity index (χ1v) is 8.13. The van der Waals surface area contributed by atoms with Crippen molar-refractivity contribution in [1.29, 1.82) is 5.26 Å². The molecular formula is C16H17N3O2S. The number of amides is 1. The number of nitrogens with zero attached hydrogens (tertiary/aromatic N) is 2. The van der Waals surface area contributed by atoms with Crippen LogP contribution >= 0.6 is 11.3 Å². The molecule has 0 saturated carbocycles. The summed E-state index contributed by atoms with van der Waals surface area (Å²) in [6.07, 6.45) is 2.09. The first kappa shape index (κ1) is 14.8. The second-order valence-corrected chi connectivity index (χ2v) is 6.95. The minimum Gasteiger partial charge on any atom is -0.351 e. The molecule has 0 spiro atoms. The molecule has 0 saturated heterocycles. The minimum absolute atomic E-state index is 0.161. The highest BCUT2D eigenvalue weighted by molar-refractivity contribution is 7.16. The largest absolute Gasteiger partial charge is 0.351 e. The molecule has 22 heavy (non-hydrogen) atoms. The van der Waals surface area contributed by atoms with Crippen LogP contribution in [0.1, 0.15) is 58.4 Å². The third-order valence-electron chi connectivity index (χ3n) is 4.35. The van der Waals surface area contributed by atoms with Crippen LogP contribution in [0.3, 0.4) is 0 Å². The van der Waals surface area contributed by atoms with E-state index >= 15 is 0 Å². The van der Waals surface area contributed by atoms with Crippen molar-refractivity contribution in [2.45, 2.75) is 39.5 Å². The van der Waals surface area contributed by atoms with Gasteiger partial charge >= 0.3 is 0 Å². The minimum atomic E-state index is -0.364. The van der Waals surface area contributed by atoms with E-state index in [4.69, 9.17) is 4.52 Å². The molecule has 1 aliphatic rings. The fraction of sp³-hybridized carbons (Fsp3) is 0.438. The molecule has 114 valence electrons. The van der Waals surface area contributed by atoms with Gasteiger partial charge in [0.15, 0.2) is 0 Å². The number of hydrogen-bond donors (Lipinski definition) is 1. The van der Waals surface area contributed by atoms with E-state index in [0.29, 0.717) is 28.1 Å². The number of nitriles is 1. The smallest absolute Gasteiger partial charge is 0.294 e. The molecular weight excluding hydrogens is 298 g/mol. The molecule has 1 aliphatic carbocycles. The Bertz CT molecular complexity index is 769. The predicted octanol–water partition coefficient (Wildman–Crippen LogP) is 3.85. The molecule has 0 aromatic carbocycles. The first-order valence-electron chi connectivity index (χ1n) is 7.31. The lowest BCUT2D eigenvalue weighted by molar-refractivity contribution is 0.0988. The van der Waals surface area contributed by atoms with Crippen molar-refractivity contribution in [2.75, 3.05) is 5.32 Å². The van der Waals surface area contributed by atoms with Gasteiger partial charge in [0.25, 0.3) is 5.91 Å². The van der Waals surface area contributed by atoms with Gasteiger partial charge in [-0.15, -0.1) is 11.3 Å². The number of hydrogen-bond acceptors (Lipinski definition) is 5. The van der Waals surface area contributed by atoms with Gasteiger partial charge in [-0.1, -0.05) is 19.0 Å². The van der Waals surface area contributed by atoms with Crippen LogP contribution in [0.4, 0.5) is 5.00 Å². The Morgan fingerprint density at radius 3 is 2.95 bits per heavy atom. The highest BCUT2D eigenvalue weighted by Gasteiger charge is 2.30. The number of fused-ring (bicyclic) bond motifs is 1. The van der Waals surface area contributed by atoms with Gasteiger partial charge in [-0.25, -0.2) is 0 Å². The van der Waals surface area contributed by atoms with E-state index in [9.17, 15) is 10.1 Å². The second kappa shape index (κ2) is 5.58. The van der Waals surface area contributed by atoms with Gasteiger partial charge in [0.2, 0.25) is 5.76 Å². The Kier molecular flexibility index (Phi) is 3.75. The van der Waals surface area contributed by atoms with Gasteiger partial charge in [-0.05, 0) is 37.2 Å². The van der Waals surface area contributed by atoms with Crippen LogP contribution in [0.15, 0.2) is 10.6 Å². The molecule has 1 amide bonds. The first-order chi connectivity index (χ1) is 10.5. The molecule has 0 radical (unpaired) electrons. The zero-order valence-electron chi connectivity index (χ0n) is 12.8. The Balaban J connectivity index is 1.94. The molecule has 2 atom stereocenters. The number of anilines is 1. The number of nitrogens with one attached hydrogen (secondary N) is 1. The Hall–Kier alpha value is -2.13. The van der Waals surface area contributed by atoms with Crippen LogP contribution in [-0.2, 0) is 6.42 Å². The molecule has 0 aliphatic heterocycles. The quantitative estimate of drug-likeness (QED) is 0.912. The van der Waals surface area contributed by atoms with Gasteiger partial charge in [0.1, 0.15) is 11.1 Å². The monoisotopic (exact) mass is 315 g/mol. The SMILES string of the molecule is Cc1cc(C(=O)Nc2sc3c(c2C#N)C(C)C(C)CC3)on1. The van der Waals surface area contributed by atoms with E-state index in [1.165, 1.54) is 16.2 Å². The Labute approximate surface area is 132 Å². The van der Waals surface area contributed by atoms with Gasteiger partial charge in [-0.3, -0.25) is 4.79 Å². The topological polar surface area (TPSA) is 78.9 Å². The summed E-state index contributed by atoms with van der Waals surface area (Å²) in [5.74, 6) is 0.688. The molecule has 6 heteroatoms. The molecule has 2 unspecified atom stereocenters. The summed E-state index contributed by atoms with van der Waals surface area (Å²) >= 11 is 1.51. The molecule has 2 heterocycles. The van der Waals surface area contributed by atoms with Crippen molar-refractivity contribution >= 4 is 22.2 Å². The van der Waals surface area contributed by atoms with Gasteiger partial charge < -0.3 is 9.84 Å². The number of thiophene rings is 1. The van der Waals surface area contributed by atoms with E-state index in [1.807, 2.05) is 0 Å². The van der Waals surface area contributed by atoms with E-state index < -0.39 is 0 Å². The summed E-state index contributed by atoms with van der Waals surface area (Å²) in [5, 5.41) is 16.7. The fourth-order valence-electron chi connectivity index (χ4n) is 2.89. The number of rotatable bonds is 2. The normalized spacial score (nSPS) is 20.3. The average molecular weight is 315 g/mol. The maximum absolute atomic E-state index is 12.2. The van der Waals surface area contributed by atoms with Crippen LogP contribution in [0, 0.1) is 24.2 Å². The molecule has 1 N–H and O–H groups in total. The van der Waals surface area contributed by atoms with Gasteiger partial charge in [0.05, 0.1) is 11.3 Å². The number of aromatic nitrogens is 1.